The van der Waals surface area contributed by atoms with E-state index in [0.29, 0.717) is 18.7 Å². The smallest absolute Gasteiger partial charge is 0.307 e. The van der Waals surface area contributed by atoms with Gasteiger partial charge in [-0.3, -0.25) is 9.59 Å². The Morgan fingerprint density at radius 2 is 2.20 bits per heavy atom. The van der Waals surface area contributed by atoms with Crippen LogP contribution in [0.5, 0.6) is 0 Å². The zero-order valence-electron chi connectivity index (χ0n) is 11.5. The number of nitrogens with one attached hydrogen (secondary N) is 1. The molecule has 2 rings (SSSR count). The molecule has 20 heavy (non-hydrogen) atoms. The van der Waals surface area contributed by atoms with Gasteiger partial charge in [-0.05, 0) is 25.1 Å². The number of amides is 1. The van der Waals surface area contributed by atoms with E-state index in [2.05, 4.69) is 14.7 Å². The van der Waals surface area contributed by atoms with Crippen molar-refractivity contribution in [2.75, 3.05) is 20.2 Å². The average Bonchev–Trinajstić information content (AvgIpc) is 2.94. The number of H-pyrrole nitrogens is 1. The van der Waals surface area contributed by atoms with E-state index >= 15 is 0 Å². The van der Waals surface area contributed by atoms with E-state index in [1.165, 1.54) is 7.11 Å². The highest BCUT2D eigenvalue weighted by atomic mass is 16.5. The van der Waals surface area contributed by atoms with Crippen molar-refractivity contribution in [3.05, 3.63) is 30.1 Å². The van der Waals surface area contributed by atoms with Crippen molar-refractivity contribution >= 4 is 22.9 Å². The number of esters is 1. The van der Waals surface area contributed by atoms with Gasteiger partial charge in [0.25, 0.3) is 5.91 Å². The van der Waals surface area contributed by atoms with E-state index in [0.717, 1.165) is 11.0 Å². The maximum Gasteiger partial charge on any atom is 0.307 e. The van der Waals surface area contributed by atoms with Gasteiger partial charge in [0.1, 0.15) is 0 Å². The highest BCUT2D eigenvalue weighted by Crippen LogP contribution is 2.13. The van der Waals surface area contributed by atoms with E-state index in [1.807, 2.05) is 6.92 Å². The van der Waals surface area contributed by atoms with Gasteiger partial charge in [0, 0.05) is 18.7 Å². The molecular formula is C14H17N3O3. The molecule has 1 aromatic heterocycles. The van der Waals surface area contributed by atoms with E-state index in [9.17, 15) is 9.59 Å². The maximum atomic E-state index is 12.4. The molecule has 0 aliphatic carbocycles. The van der Waals surface area contributed by atoms with Crippen LogP contribution in [0.15, 0.2) is 24.5 Å². The molecule has 0 atom stereocenters. The molecule has 1 N–H and O–H groups in total. The lowest BCUT2D eigenvalue weighted by Gasteiger charge is -2.20. The number of fused-ring (bicyclic) bond motifs is 1. The van der Waals surface area contributed by atoms with E-state index in [4.69, 9.17) is 0 Å². The lowest BCUT2D eigenvalue weighted by molar-refractivity contribution is -0.140. The van der Waals surface area contributed by atoms with Crippen molar-refractivity contribution in [2.45, 2.75) is 13.3 Å². The van der Waals surface area contributed by atoms with Crippen LogP contribution in [0.3, 0.4) is 0 Å². The first-order valence-corrected chi connectivity index (χ1v) is 6.45. The van der Waals surface area contributed by atoms with Crippen molar-refractivity contribution in [1.29, 1.82) is 0 Å². The Kier molecular flexibility index (Phi) is 4.34. The minimum atomic E-state index is -0.319. The number of nitrogens with zero attached hydrogens (tertiary/aromatic N) is 2. The van der Waals surface area contributed by atoms with Crippen LogP contribution < -0.4 is 0 Å². The molecule has 1 heterocycles. The SMILES string of the molecule is CCN(CCC(=O)OC)C(=O)c1ccc2nc[nH]c2c1. The van der Waals surface area contributed by atoms with Gasteiger partial charge in [-0.1, -0.05) is 0 Å². The number of rotatable bonds is 5. The number of methoxy groups -OCH3 is 1. The third-order valence-electron chi connectivity index (χ3n) is 3.15. The normalized spacial score (nSPS) is 10.5. The van der Waals surface area contributed by atoms with Crippen LogP contribution >= 0.6 is 0 Å². The fraction of sp³-hybridized carbons (Fsp3) is 0.357. The van der Waals surface area contributed by atoms with Crippen molar-refractivity contribution in [2.24, 2.45) is 0 Å². The van der Waals surface area contributed by atoms with Crippen LogP contribution in [0, 0.1) is 0 Å². The highest BCUT2D eigenvalue weighted by molar-refractivity contribution is 5.97. The van der Waals surface area contributed by atoms with Crippen LogP contribution in [0.25, 0.3) is 11.0 Å². The molecule has 0 aliphatic heterocycles. The summed E-state index contributed by atoms with van der Waals surface area (Å²) in [6, 6.07) is 5.31. The second-order valence-electron chi connectivity index (χ2n) is 4.35. The van der Waals surface area contributed by atoms with Gasteiger partial charge in [0.05, 0.1) is 30.9 Å². The Morgan fingerprint density at radius 1 is 1.40 bits per heavy atom. The molecule has 0 unspecified atom stereocenters. The third-order valence-corrected chi connectivity index (χ3v) is 3.15. The predicted molar refractivity (Wildman–Crippen MR) is 74.3 cm³/mol. The maximum absolute atomic E-state index is 12.4. The number of aromatic nitrogens is 2. The summed E-state index contributed by atoms with van der Waals surface area (Å²) in [4.78, 5) is 32.2. The summed E-state index contributed by atoms with van der Waals surface area (Å²) in [7, 11) is 1.34. The Bertz CT molecular complexity index is 621. The summed E-state index contributed by atoms with van der Waals surface area (Å²) < 4.78 is 4.59. The first-order valence-electron chi connectivity index (χ1n) is 6.45. The molecule has 0 fully saturated rings. The lowest BCUT2D eigenvalue weighted by atomic mass is 10.1. The Hall–Kier alpha value is -2.37. The summed E-state index contributed by atoms with van der Waals surface area (Å²) in [5.74, 6) is -0.423. The number of carbonyl (C=O) groups is 2. The first-order chi connectivity index (χ1) is 9.65. The molecule has 6 heteroatoms. The molecule has 0 saturated heterocycles. The van der Waals surface area contributed by atoms with Crippen LogP contribution in [0.1, 0.15) is 23.7 Å². The number of hydrogen-bond donors (Lipinski definition) is 1. The Morgan fingerprint density at radius 3 is 2.90 bits per heavy atom. The topological polar surface area (TPSA) is 75.3 Å². The summed E-state index contributed by atoms with van der Waals surface area (Å²) >= 11 is 0. The second-order valence-corrected chi connectivity index (χ2v) is 4.35. The van der Waals surface area contributed by atoms with Crippen LogP contribution in [-0.2, 0) is 9.53 Å². The molecule has 0 aliphatic rings. The van der Waals surface area contributed by atoms with Gasteiger partial charge >= 0.3 is 5.97 Å². The molecule has 0 radical (unpaired) electrons. The van der Waals surface area contributed by atoms with Gasteiger partial charge in [-0.2, -0.15) is 0 Å². The molecule has 1 amide bonds. The van der Waals surface area contributed by atoms with Crippen LogP contribution in [-0.4, -0.2) is 46.9 Å². The highest BCUT2D eigenvalue weighted by Gasteiger charge is 2.16. The summed E-state index contributed by atoms with van der Waals surface area (Å²) in [6.07, 6.45) is 1.79. The van der Waals surface area contributed by atoms with Gasteiger partial charge in [-0.25, -0.2) is 4.98 Å². The largest absolute Gasteiger partial charge is 0.469 e. The summed E-state index contributed by atoms with van der Waals surface area (Å²) in [5.41, 5.74) is 2.22. The second kappa shape index (κ2) is 6.18. The number of ether oxygens (including phenoxy) is 1. The molecule has 0 bridgehead atoms. The van der Waals surface area contributed by atoms with Crippen molar-refractivity contribution in [3.63, 3.8) is 0 Å². The van der Waals surface area contributed by atoms with Crippen molar-refractivity contribution in [1.82, 2.24) is 14.9 Å². The molecule has 0 saturated carbocycles. The van der Waals surface area contributed by atoms with Crippen LogP contribution in [0.2, 0.25) is 0 Å². The number of aromatic amines is 1. The van der Waals surface area contributed by atoms with Crippen molar-refractivity contribution in [3.8, 4) is 0 Å². The van der Waals surface area contributed by atoms with Crippen molar-refractivity contribution < 1.29 is 14.3 Å². The monoisotopic (exact) mass is 275 g/mol. The zero-order chi connectivity index (χ0) is 14.5. The molecular weight excluding hydrogens is 258 g/mol. The quantitative estimate of drug-likeness (QED) is 0.841. The van der Waals surface area contributed by atoms with Gasteiger partial charge in [0.2, 0.25) is 0 Å². The number of hydrogen-bond acceptors (Lipinski definition) is 4. The van der Waals surface area contributed by atoms with Gasteiger partial charge < -0.3 is 14.6 Å². The minimum Gasteiger partial charge on any atom is -0.469 e. The summed E-state index contributed by atoms with van der Waals surface area (Å²) in [5, 5.41) is 0. The summed E-state index contributed by atoms with van der Waals surface area (Å²) in [6.45, 7) is 2.77. The van der Waals surface area contributed by atoms with Gasteiger partial charge in [0.15, 0.2) is 0 Å². The standard InChI is InChI=1S/C14H17N3O3/c1-3-17(7-6-13(18)20-2)14(19)10-4-5-11-12(8-10)16-9-15-11/h4-5,8-9H,3,6-7H2,1-2H3,(H,15,16). The number of benzene rings is 1. The molecule has 6 nitrogen and oxygen atoms in total. The van der Waals surface area contributed by atoms with E-state index < -0.39 is 0 Å². The zero-order valence-corrected chi connectivity index (χ0v) is 11.5. The molecule has 1 aromatic carbocycles. The fourth-order valence-corrected chi connectivity index (χ4v) is 1.98. The first kappa shape index (κ1) is 14.0. The Labute approximate surface area is 116 Å². The predicted octanol–water partition coefficient (Wildman–Crippen LogP) is 1.59. The Balaban J connectivity index is 2.12. The average molecular weight is 275 g/mol. The van der Waals surface area contributed by atoms with E-state index in [1.54, 1.807) is 29.4 Å². The third kappa shape index (κ3) is 2.96. The van der Waals surface area contributed by atoms with Gasteiger partial charge in [-0.15, -0.1) is 0 Å². The number of imidazole rings is 1. The van der Waals surface area contributed by atoms with Crippen LogP contribution in [0.4, 0.5) is 0 Å². The van der Waals surface area contributed by atoms with E-state index in [-0.39, 0.29) is 18.3 Å². The molecule has 0 spiro atoms. The lowest BCUT2D eigenvalue weighted by Crippen LogP contribution is -2.33. The minimum absolute atomic E-state index is 0.104. The number of carbonyl (C=O) groups excluding carboxylic acids is 2. The molecule has 2 aromatic rings. The fourth-order valence-electron chi connectivity index (χ4n) is 1.98. The molecule has 106 valence electrons.